The van der Waals surface area contributed by atoms with Gasteiger partial charge in [0.1, 0.15) is 0 Å². The Morgan fingerprint density at radius 3 is 2.11 bits per heavy atom. The van der Waals surface area contributed by atoms with Crippen LogP contribution in [0.3, 0.4) is 0 Å². The lowest BCUT2D eigenvalue weighted by Gasteiger charge is -2.22. The van der Waals surface area contributed by atoms with E-state index in [0.717, 1.165) is 47.0 Å². The van der Waals surface area contributed by atoms with Gasteiger partial charge in [0.05, 0.1) is 0 Å². The van der Waals surface area contributed by atoms with E-state index in [-0.39, 0.29) is 12.0 Å². The molecular weight excluding hydrogens is 466 g/mol. The minimum absolute atomic E-state index is 0.210. The van der Waals surface area contributed by atoms with Crippen molar-refractivity contribution in [3.05, 3.63) is 102 Å². The first-order valence-electron chi connectivity index (χ1n) is 12.9. The smallest absolute Gasteiger partial charge is 0.256 e. The number of aromatic nitrogens is 1. The molecular formula is C30H35N3O2S. The number of para-hydroxylation sites is 1. The van der Waals surface area contributed by atoms with Crippen molar-refractivity contribution in [2.24, 2.45) is 0 Å². The van der Waals surface area contributed by atoms with Crippen LogP contribution in [-0.2, 0) is 16.6 Å². The van der Waals surface area contributed by atoms with Gasteiger partial charge in [0.15, 0.2) is 5.03 Å². The Hall–Kier alpha value is -2.93. The van der Waals surface area contributed by atoms with Gasteiger partial charge in [-0.2, -0.15) is 0 Å². The fourth-order valence-electron chi connectivity index (χ4n) is 5.57. The van der Waals surface area contributed by atoms with E-state index in [0.29, 0.717) is 17.6 Å². The van der Waals surface area contributed by atoms with Crippen LogP contribution >= 0.6 is 0 Å². The van der Waals surface area contributed by atoms with Gasteiger partial charge in [-0.15, -0.1) is 0 Å². The van der Waals surface area contributed by atoms with Gasteiger partial charge in [-0.1, -0.05) is 78.9 Å². The van der Waals surface area contributed by atoms with Gasteiger partial charge in [0, 0.05) is 41.0 Å². The maximum atomic E-state index is 14.1. The molecule has 0 aliphatic carbocycles. The van der Waals surface area contributed by atoms with Gasteiger partial charge in [-0.25, -0.2) is 13.1 Å². The van der Waals surface area contributed by atoms with E-state index in [4.69, 9.17) is 0 Å². The minimum Gasteiger partial charge on any atom is -0.330 e. The van der Waals surface area contributed by atoms with E-state index in [1.54, 1.807) is 0 Å². The molecule has 36 heavy (non-hydrogen) atoms. The highest BCUT2D eigenvalue weighted by Crippen LogP contribution is 2.42. The second-order valence-corrected chi connectivity index (χ2v) is 11.6. The molecule has 1 saturated heterocycles. The molecule has 0 saturated carbocycles. The first-order valence-corrected chi connectivity index (χ1v) is 14.4. The molecule has 2 N–H and O–H groups in total. The second kappa shape index (κ2) is 10.6. The monoisotopic (exact) mass is 501 g/mol. The standard InChI is InChI=1S/C30H35N3O2S/c1-22(2)32-36(34,35)30-29(28(23-12-5-3-6-13-23)24-14-7-4-8-15-24)26-17-9-10-18-27(26)33(30)21-19-25-16-11-20-31-25/h3-10,12-15,17-18,22,25,28,31-32H,11,16,19-21H2,1-2H3. The number of hydrogen-bond acceptors (Lipinski definition) is 3. The first-order chi connectivity index (χ1) is 17.5. The van der Waals surface area contributed by atoms with Crippen molar-refractivity contribution >= 4 is 20.9 Å². The predicted octanol–water partition coefficient (Wildman–Crippen LogP) is 5.65. The molecule has 0 bridgehead atoms. The van der Waals surface area contributed by atoms with Crippen LogP contribution in [0.4, 0.5) is 0 Å². The van der Waals surface area contributed by atoms with Crippen LogP contribution in [0.2, 0.25) is 0 Å². The van der Waals surface area contributed by atoms with E-state index < -0.39 is 10.0 Å². The van der Waals surface area contributed by atoms with Gasteiger partial charge < -0.3 is 9.88 Å². The van der Waals surface area contributed by atoms with Gasteiger partial charge in [0.2, 0.25) is 0 Å². The van der Waals surface area contributed by atoms with E-state index in [1.165, 1.54) is 6.42 Å². The highest BCUT2D eigenvalue weighted by atomic mass is 32.2. The molecule has 1 fully saturated rings. The summed E-state index contributed by atoms with van der Waals surface area (Å²) in [7, 11) is -3.80. The van der Waals surface area contributed by atoms with Crippen LogP contribution in [0.25, 0.3) is 10.9 Å². The fourth-order valence-corrected chi connectivity index (χ4v) is 7.30. The van der Waals surface area contributed by atoms with E-state index >= 15 is 0 Å². The van der Waals surface area contributed by atoms with Crippen molar-refractivity contribution in [1.82, 2.24) is 14.6 Å². The van der Waals surface area contributed by atoms with Gasteiger partial charge in [-0.3, -0.25) is 0 Å². The Morgan fingerprint density at radius 2 is 1.53 bits per heavy atom. The number of sulfonamides is 1. The van der Waals surface area contributed by atoms with Crippen molar-refractivity contribution in [1.29, 1.82) is 0 Å². The molecule has 1 atom stereocenters. The molecule has 0 spiro atoms. The summed E-state index contributed by atoms with van der Waals surface area (Å²) in [4.78, 5) is 0. The molecule has 188 valence electrons. The highest BCUT2D eigenvalue weighted by molar-refractivity contribution is 7.89. The molecule has 4 aromatic rings. The zero-order valence-electron chi connectivity index (χ0n) is 21.0. The second-order valence-electron chi connectivity index (χ2n) is 10.00. The summed E-state index contributed by atoms with van der Waals surface area (Å²) in [6, 6.07) is 28.8. The normalized spacial score (nSPS) is 16.4. The Morgan fingerprint density at radius 1 is 0.917 bits per heavy atom. The largest absolute Gasteiger partial charge is 0.330 e. The third-order valence-electron chi connectivity index (χ3n) is 7.02. The Balaban J connectivity index is 1.79. The summed E-state index contributed by atoms with van der Waals surface area (Å²) < 4.78 is 33.1. The van der Waals surface area contributed by atoms with E-state index in [2.05, 4.69) is 46.4 Å². The maximum absolute atomic E-state index is 14.1. The zero-order valence-corrected chi connectivity index (χ0v) is 21.8. The lowest BCUT2D eigenvalue weighted by atomic mass is 9.85. The Bertz CT molecular complexity index is 1370. The average molecular weight is 502 g/mol. The van der Waals surface area contributed by atoms with Gasteiger partial charge in [-0.05, 0) is 56.8 Å². The van der Waals surface area contributed by atoms with Crippen molar-refractivity contribution in [3.63, 3.8) is 0 Å². The van der Waals surface area contributed by atoms with Crippen LogP contribution in [0.5, 0.6) is 0 Å². The van der Waals surface area contributed by atoms with Crippen molar-refractivity contribution < 1.29 is 8.42 Å². The Kier molecular flexibility index (Phi) is 7.28. The third-order valence-corrected chi connectivity index (χ3v) is 8.76. The van der Waals surface area contributed by atoms with E-state index in [1.807, 2.05) is 66.9 Å². The number of nitrogens with one attached hydrogen (secondary N) is 2. The summed E-state index contributed by atoms with van der Waals surface area (Å²) in [6.45, 7) is 5.42. The lowest BCUT2D eigenvalue weighted by molar-refractivity contribution is 0.487. The number of hydrogen-bond donors (Lipinski definition) is 2. The van der Waals surface area contributed by atoms with Crippen LogP contribution in [0.15, 0.2) is 90.0 Å². The quantitative estimate of drug-likeness (QED) is 0.312. The minimum atomic E-state index is -3.80. The molecule has 0 amide bonds. The molecule has 5 rings (SSSR count). The topological polar surface area (TPSA) is 63.1 Å². The Labute approximate surface area is 214 Å². The van der Waals surface area contributed by atoms with Crippen LogP contribution < -0.4 is 10.0 Å². The van der Waals surface area contributed by atoms with Crippen LogP contribution in [0.1, 0.15) is 55.7 Å². The fraction of sp³-hybridized carbons (Fsp3) is 0.333. The van der Waals surface area contributed by atoms with Gasteiger partial charge >= 0.3 is 0 Å². The third kappa shape index (κ3) is 4.99. The predicted molar refractivity (Wildman–Crippen MR) is 147 cm³/mol. The zero-order chi connectivity index (χ0) is 25.1. The average Bonchev–Trinajstić information content (AvgIpc) is 3.50. The summed E-state index contributed by atoms with van der Waals surface area (Å²) in [5, 5.41) is 4.94. The van der Waals surface area contributed by atoms with Crippen LogP contribution in [-0.4, -0.2) is 31.6 Å². The summed E-state index contributed by atoms with van der Waals surface area (Å²) in [5.74, 6) is -0.220. The molecule has 1 aliphatic rings. The molecule has 3 aromatic carbocycles. The van der Waals surface area contributed by atoms with Gasteiger partial charge in [0.25, 0.3) is 10.0 Å². The van der Waals surface area contributed by atoms with E-state index in [9.17, 15) is 8.42 Å². The lowest BCUT2D eigenvalue weighted by Crippen LogP contribution is -2.33. The van der Waals surface area contributed by atoms with Crippen molar-refractivity contribution in [2.45, 2.75) is 62.7 Å². The maximum Gasteiger partial charge on any atom is 0.256 e. The number of fused-ring (bicyclic) bond motifs is 1. The molecule has 1 aliphatic heterocycles. The summed E-state index contributed by atoms with van der Waals surface area (Å²) in [5.41, 5.74) is 3.96. The molecule has 0 radical (unpaired) electrons. The summed E-state index contributed by atoms with van der Waals surface area (Å²) >= 11 is 0. The van der Waals surface area contributed by atoms with Crippen molar-refractivity contribution in [3.8, 4) is 0 Å². The first kappa shape index (κ1) is 24.8. The molecule has 6 heteroatoms. The number of rotatable bonds is 9. The SMILES string of the molecule is CC(C)NS(=O)(=O)c1c(C(c2ccccc2)c2ccccc2)c2ccccc2n1CCC1CCCN1. The molecule has 2 heterocycles. The number of benzene rings is 3. The van der Waals surface area contributed by atoms with Crippen LogP contribution in [0, 0.1) is 0 Å². The number of aryl methyl sites for hydroxylation is 1. The summed E-state index contributed by atoms with van der Waals surface area (Å²) in [6.07, 6.45) is 3.20. The highest BCUT2D eigenvalue weighted by Gasteiger charge is 2.33. The molecule has 5 nitrogen and oxygen atoms in total. The number of nitrogens with zero attached hydrogens (tertiary/aromatic N) is 1. The molecule has 1 unspecified atom stereocenters. The van der Waals surface area contributed by atoms with Crippen molar-refractivity contribution in [2.75, 3.05) is 6.54 Å². The molecule has 1 aromatic heterocycles.